The van der Waals surface area contributed by atoms with Gasteiger partial charge in [0.25, 0.3) is 0 Å². The van der Waals surface area contributed by atoms with Crippen LogP contribution in [-0.4, -0.2) is 25.8 Å². The van der Waals surface area contributed by atoms with Crippen LogP contribution in [0.5, 0.6) is 0 Å². The Bertz CT molecular complexity index is 576. The summed E-state index contributed by atoms with van der Waals surface area (Å²) in [6.07, 6.45) is 3.00. The van der Waals surface area contributed by atoms with E-state index in [9.17, 15) is 8.42 Å². The van der Waals surface area contributed by atoms with E-state index in [-0.39, 0.29) is 5.75 Å². The lowest BCUT2D eigenvalue weighted by Gasteiger charge is -2.38. The van der Waals surface area contributed by atoms with Crippen molar-refractivity contribution in [3.05, 3.63) is 35.4 Å². The third-order valence-corrected chi connectivity index (χ3v) is 6.68. The molecule has 2 N–H and O–H groups in total. The number of sulfonamides is 1. The molecule has 0 amide bonds. The van der Waals surface area contributed by atoms with Crippen LogP contribution < -0.4 is 5.73 Å². The lowest BCUT2D eigenvalue weighted by molar-refractivity contribution is 0.169. The second kappa shape index (κ2) is 6.46. The zero-order valence-corrected chi connectivity index (χ0v) is 13.8. The first-order valence-electron chi connectivity index (χ1n) is 7.65. The van der Waals surface area contributed by atoms with Crippen LogP contribution in [0, 0.1) is 5.41 Å². The number of nitrogens with zero attached hydrogens (tertiary/aromatic N) is 1. The standard InChI is InChI=1S/C16H26N2O2S/c1-3-16(2)8-10-18(11-9-16)21(19,20)13-15-7-5-4-6-14(15)12-17/h4-7H,3,8-13,17H2,1-2H3. The van der Waals surface area contributed by atoms with Crippen molar-refractivity contribution >= 4 is 10.0 Å². The van der Waals surface area contributed by atoms with Crippen molar-refractivity contribution in [2.75, 3.05) is 13.1 Å². The molecule has 118 valence electrons. The summed E-state index contributed by atoms with van der Waals surface area (Å²) >= 11 is 0. The van der Waals surface area contributed by atoms with Gasteiger partial charge in [-0.25, -0.2) is 12.7 Å². The van der Waals surface area contributed by atoms with Crippen molar-refractivity contribution in [3.8, 4) is 0 Å². The molecule has 4 nitrogen and oxygen atoms in total. The Labute approximate surface area is 128 Å². The molecule has 1 aliphatic rings. The highest BCUT2D eigenvalue weighted by molar-refractivity contribution is 7.88. The summed E-state index contributed by atoms with van der Waals surface area (Å²) in [6.45, 7) is 6.08. The van der Waals surface area contributed by atoms with E-state index in [2.05, 4.69) is 13.8 Å². The Morgan fingerprint density at radius 3 is 2.29 bits per heavy atom. The average molecular weight is 310 g/mol. The molecule has 5 heteroatoms. The Morgan fingerprint density at radius 2 is 1.76 bits per heavy atom. The third kappa shape index (κ3) is 3.84. The minimum Gasteiger partial charge on any atom is -0.326 e. The molecule has 0 spiro atoms. The van der Waals surface area contributed by atoms with Crippen LogP contribution in [0.15, 0.2) is 24.3 Å². The Balaban J connectivity index is 2.09. The highest BCUT2D eigenvalue weighted by Crippen LogP contribution is 2.35. The summed E-state index contributed by atoms with van der Waals surface area (Å²) in [5, 5.41) is 0. The van der Waals surface area contributed by atoms with Crippen LogP contribution in [0.25, 0.3) is 0 Å². The molecule has 1 aromatic rings. The van der Waals surface area contributed by atoms with Crippen molar-refractivity contribution in [2.24, 2.45) is 11.1 Å². The smallest absolute Gasteiger partial charge is 0.218 e. The van der Waals surface area contributed by atoms with Crippen molar-refractivity contribution in [1.82, 2.24) is 4.31 Å². The van der Waals surface area contributed by atoms with Gasteiger partial charge in [-0.15, -0.1) is 0 Å². The van der Waals surface area contributed by atoms with Gasteiger partial charge in [-0.05, 0) is 29.4 Å². The molecule has 0 bridgehead atoms. The Morgan fingerprint density at radius 1 is 1.19 bits per heavy atom. The summed E-state index contributed by atoms with van der Waals surface area (Å²) in [5.41, 5.74) is 7.72. The van der Waals surface area contributed by atoms with E-state index in [1.54, 1.807) is 4.31 Å². The first-order chi connectivity index (χ1) is 9.90. The predicted octanol–water partition coefficient (Wildman–Crippen LogP) is 2.49. The minimum atomic E-state index is -3.25. The highest BCUT2D eigenvalue weighted by Gasteiger charge is 2.33. The van der Waals surface area contributed by atoms with Crippen LogP contribution in [0.3, 0.4) is 0 Å². The fraction of sp³-hybridized carbons (Fsp3) is 0.625. The lowest BCUT2D eigenvalue weighted by atomic mass is 9.79. The molecule has 2 rings (SSSR count). The van der Waals surface area contributed by atoms with Gasteiger partial charge in [0.2, 0.25) is 10.0 Å². The van der Waals surface area contributed by atoms with E-state index < -0.39 is 10.0 Å². The SMILES string of the molecule is CCC1(C)CCN(S(=O)(=O)Cc2ccccc2CN)CC1. The summed E-state index contributed by atoms with van der Waals surface area (Å²) in [4.78, 5) is 0. The third-order valence-electron chi connectivity index (χ3n) is 4.85. The molecule has 1 fully saturated rings. The number of benzene rings is 1. The molecule has 21 heavy (non-hydrogen) atoms. The van der Waals surface area contributed by atoms with Crippen LogP contribution in [0.1, 0.15) is 44.2 Å². The lowest BCUT2D eigenvalue weighted by Crippen LogP contribution is -2.42. The van der Waals surface area contributed by atoms with E-state index in [0.717, 1.165) is 30.4 Å². The van der Waals surface area contributed by atoms with Gasteiger partial charge in [-0.1, -0.05) is 44.5 Å². The highest BCUT2D eigenvalue weighted by atomic mass is 32.2. The van der Waals surface area contributed by atoms with E-state index >= 15 is 0 Å². The second-order valence-electron chi connectivity index (χ2n) is 6.29. The molecule has 0 atom stereocenters. The molecule has 0 saturated carbocycles. The number of hydrogen-bond acceptors (Lipinski definition) is 3. The van der Waals surface area contributed by atoms with E-state index in [1.807, 2.05) is 24.3 Å². The van der Waals surface area contributed by atoms with Crippen molar-refractivity contribution in [1.29, 1.82) is 0 Å². The quantitative estimate of drug-likeness (QED) is 0.909. The number of hydrogen-bond donors (Lipinski definition) is 1. The molecule has 1 saturated heterocycles. The van der Waals surface area contributed by atoms with Crippen molar-refractivity contribution < 1.29 is 8.42 Å². The monoisotopic (exact) mass is 310 g/mol. The topological polar surface area (TPSA) is 63.4 Å². The molecule has 0 aliphatic carbocycles. The fourth-order valence-corrected chi connectivity index (χ4v) is 4.44. The van der Waals surface area contributed by atoms with Gasteiger partial charge in [0.15, 0.2) is 0 Å². The van der Waals surface area contributed by atoms with Gasteiger partial charge in [-0.2, -0.15) is 0 Å². The maximum absolute atomic E-state index is 12.6. The van der Waals surface area contributed by atoms with Crippen LogP contribution in [0.4, 0.5) is 0 Å². The number of piperidine rings is 1. The van der Waals surface area contributed by atoms with Crippen molar-refractivity contribution in [3.63, 3.8) is 0 Å². The Hall–Kier alpha value is -0.910. The molecule has 0 aromatic heterocycles. The predicted molar refractivity (Wildman–Crippen MR) is 86.2 cm³/mol. The largest absolute Gasteiger partial charge is 0.326 e. The van der Waals surface area contributed by atoms with Gasteiger partial charge in [0, 0.05) is 19.6 Å². The van der Waals surface area contributed by atoms with E-state index in [0.29, 0.717) is 25.0 Å². The first kappa shape index (κ1) is 16.5. The van der Waals surface area contributed by atoms with Crippen LogP contribution in [0.2, 0.25) is 0 Å². The summed E-state index contributed by atoms with van der Waals surface area (Å²) in [5.74, 6) is 0.0587. The molecule has 0 unspecified atom stereocenters. The Kier molecular flexibility index (Phi) is 5.07. The van der Waals surface area contributed by atoms with Crippen LogP contribution >= 0.6 is 0 Å². The molecule has 0 radical (unpaired) electrons. The summed E-state index contributed by atoms with van der Waals surface area (Å²) in [7, 11) is -3.25. The summed E-state index contributed by atoms with van der Waals surface area (Å²) in [6, 6.07) is 7.52. The zero-order valence-electron chi connectivity index (χ0n) is 13.0. The average Bonchev–Trinajstić information content (AvgIpc) is 2.48. The van der Waals surface area contributed by atoms with E-state index in [4.69, 9.17) is 5.73 Å². The summed E-state index contributed by atoms with van der Waals surface area (Å²) < 4.78 is 26.9. The molecule has 1 aromatic carbocycles. The van der Waals surface area contributed by atoms with Crippen LogP contribution in [-0.2, 0) is 22.3 Å². The van der Waals surface area contributed by atoms with Gasteiger partial charge in [0.1, 0.15) is 0 Å². The minimum absolute atomic E-state index is 0.0587. The molecule has 1 heterocycles. The fourth-order valence-electron chi connectivity index (χ4n) is 2.84. The van der Waals surface area contributed by atoms with Gasteiger partial charge in [-0.3, -0.25) is 0 Å². The van der Waals surface area contributed by atoms with Gasteiger partial charge in [0.05, 0.1) is 5.75 Å². The maximum Gasteiger partial charge on any atom is 0.218 e. The second-order valence-corrected chi connectivity index (χ2v) is 8.26. The molecule has 1 aliphatic heterocycles. The molecular formula is C16H26N2O2S. The van der Waals surface area contributed by atoms with E-state index in [1.165, 1.54) is 0 Å². The molecular weight excluding hydrogens is 284 g/mol. The first-order valence-corrected chi connectivity index (χ1v) is 9.26. The number of nitrogens with two attached hydrogens (primary N) is 1. The number of rotatable bonds is 5. The zero-order chi connectivity index (χ0) is 15.5. The van der Waals surface area contributed by atoms with Gasteiger partial charge < -0.3 is 5.73 Å². The maximum atomic E-state index is 12.6. The normalized spacial score (nSPS) is 19.6. The van der Waals surface area contributed by atoms with Gasteiger partial charge >= 0.3 is 0 Å². The van der Waals surface area contributed by atoms with Crippen molar-refractivity contribution in [2.45, 2.75) is 45.4 Å².